The van der Waals surface area contributed by atoms with Gasteiger partial charge >= 0.3 is 5.97 Å². The molecule has 0 radical (unpaired) electrons. The fraction of sp³-hybridized carbons (Fsp3) is 0.579. The number of ether oxygens (including phenoxy) is 3. The number of hydrogen-bond acceptors (Lipinski definition) is 5. The molecule has 1 aromatic rings. The largest absolute Gasteiger partial charge is 0.468 e. The van der Waals surface area contributed by atoms with E-state index in [0.29, 0.717) is 12.8 Å². The zero-order valence-corrected chi connectivity index (χ0v) is 14.7. The lowest BCUT2D eigenvalue weighted by Crippen LogP contribution is -2.40. The molecular formula is C19H24O5. The Morgan fingerprint density at radius 3 is 2.17 bits per heavy atom. The molecule has 5 heteroatoms. The number of aryl methyl sites for hydroxylation is 3. The minimum atomic E-state index is -1.16. The van der Waals surface area contributed by atoms with Crippen LogP contribution in [0.5, 0.6) is 0 Å². The maximum Gasteiger partial charge on any atom is 0.319 e. The first-order chi connectivity index (χ1) is 11.4. The van der Waals surface area contributed by atoms with Crippen LogP contribution in [0.15, 0.2) is 12.1 Å². The van der Waals surface area contributed by atoms with Gasteiger partial charge in [-0.25, -0.2) is 0 Å². The molecule has 1 aliphatic heterocycles. The van der Waals surface area contributed by atoms with Gasteiger partial charge in [0.15, 0.2) is 5.78 Å². The molecular weight excluding hydrogens is 308 g/mol. The van der Waals surface area contributed by atoms with Gasteiger partial charge in [0.1, 0.15) is 12.2 Å². The molecule has 1 heterocycles. The normalized spacial score (nSPS) is 28.7. The first kappa shape index (κ1) is 17.1. The van der Waals surface area contributed by atoms with Gasteiger partial charge in [-0.2, -0.15) is 0 Å². The lowest BCUT2D eigenvalue weighted by molar-refractivity contribution is -0.159. The van der Waals surface area contributed by atoms with E-state index in [0.717, 1.165) is 16.7 Å². The fourth-order valence-electron chi connectivity index (χ4n) is 4.10. The van der Waals surface area contributed by atoms with Gasteiger partial charge in [-0.1, -0.05) is 17.7 Å². The van der Waals surface area contributed by atoms with Gasteiger partial charge in [-0.15, -0.1) is 0 Å². The molecule has 1 aliphatic carbocycles. The van der Waals surface area contributed by atoms with Crippen LogP contribution in [0.3, 0.4) is 0 Å². The van der Waals surface area contributed by atoms with Crippen molar-refractivity contribution >= 4 is 11.8 Å². The Morgan fingerprint density at radius 1 is 1.12 bits per heavy atom. The van der Waals surface area contributed by atoms with E-state index in [1.807, 2.05) is 20.8 Å². The molecule has 2 aliphatic rings. The molecule has 1 saturated heterocycles. The molecule has 130 valence electrons. The fourth-order valence-corrected chi connectivity index (χ4v) is 4.10. The average molecular weight is 332 g/mol. The number of Topliss-reactive ketones (excluding diaryl/α,β-unsaturated/α-hetero) is 1. The highest BCUT2D eigenvalue weighted by Crippen LogP contribution is 2.46. The summed E-state index contributed by atoms with van der Waals surface area (Å²) in [6.07, 6.45) is 0.508. The number of ketones is 1. The van der Waals surface area contributed by atoms with Gasteiger partial charge in [0, 0.05) is 6.42 Å². The van der Waals surface area contributed by atoms with Crippen molar-refractivity contribution in [2.75, 3.05) is 13.9 Å². The third-order valence-corrected chi connectivity index (χ3v) is 5.37. The Bertz CT molecular complexity index is 643. The van der Waals surface area contributed by atoms with Gasteiger partial charge in [0.25, 0.3) is 0 Å². The van der Waals surface area contributed by atoms with E-state index in [9.17, 15) is 9.59 Å². The van der Waals surface area contributed by atoms with Crippen molar-refractivity contribution in [3.63, 3.8) is 0 Å². The van der Waals surface area contributed by atoms with E-state index >= 15 is 0 Å². The number of hydrogen-bond donors (Lipinski definition) is 0. The second-order valence-electron chi connectivity index (χ2n) is 6.99. The molecule has 0 amide bonds. The molecule has 3 rings (SSSR count). The first-order valence-corrected chi connectivity index (χ1v) is 8.29. The Morgan fingerprint density at radius 2 is 1.67 bits per heavy atom. The summed E-state index contributed by atoms with van der Waals surface area (Å²) in [5.41, 5.74) is 3.15. The number of benzene rings is 1. The number of esters is 1. The SMILES string of the molecule is COC(=O)C1(C(=O)Cc2c(C)cc(C)cc2C)CC2OCOC2C1. The summed E-state index contributed by atoms with van der Waals surface area (Å²) in [4.78, 5) is 25.6. The maximum absolute atomic E-state index is 13.1. The summed E-state index contributed by atoms with van der Waals surface area (Å²) in [6, 6.07) is 4.13. The number of fused-ring (bicyclic) bond motifs is 1. The second kappa shape index (κ2) is 6.30. The lowest BCUT2D eigenvalue weighted by Gasteiger charge is -2.26. The van der Waals surface area contributed by atoms with Gasteiger partial charge in [0.05, 0.1) is 19.3 Å². The lowest BCUT2D eigenvalue weighted by atomic mass is 9.78. The third kappa shape index (κ3) is 2.76. The van der Waals surface area contributed by atoms with Crippen LogP contribution in [0.1, 0.15) is 35.1 Å². The Kier molecular flexibility index (Phi) is 4.49. The van der Waals surface area contributed by atoms with Crippen LogP contribution in [0.2, 0.25) is 0 Å². The number of carbonyl (C=O) groups excluding carboxylic acids is 2. The van der Waals surface area contributed by atoms with Crippen LogP contribution in [-0.4, -0.2) is 37.9 Å². The van der Waals surface area contributed by atoms with Crippen molar-refractivity contribution in [2.45, 2.75) is 52.2 Å². The Labute approximate surface area is 142 Å². The molecule has 2 atom stereocenters. The van der Waals surface area contributed by atoms with Crippen LogP contribution in [-0.2, 0) is 30.2 Å². The second-order valence-corrected chi connectivity index (χ2v) is 6.99. The molecule has 0 N–H and O–H groups in total. The predicted molar refractivity (Wildman–Crippen MR) is 87.7 cm³/mol. The summed E-state index contributed by atoms with van der Waals surface area (Å²) >= 11 is 0. The molecule has 1 aromatic carbocycles. The van der Waals surface area contributed by atoms with E-state index in [-0.39, 0.29) is 31.2 Å². The number of methoxy groups -OCH3 is 1. The van der Waals surface area contributed by atoms with Crippen LogP contribution in [0.4, 0.5) is 0 Å². The third-order valence-electron chi connectivity index (χ3n) is 5.37. The number of carbonyl (C=O) groups is 2. The van der Waals surface area contributed by atoms with Gasteiger partial charge in [0.2, 0.25) is 0 Å². The quantitative estimate of drug-likeness (QED) is 0.626. The topological polar surface area (TPSA) is 61.8 Å². The predicted octanol–water partition coefficient (Wildman–Crippen LogP) is 2.42. The van der Waals surface area contributed by atoms with Crippen molar-refractivity contribution in [3.8, 4) is 0 Å². The highest BCUT2D eigenvalue weighted by molar-refractivity contribution is 6.05. The van der Waals surface area contributed by atoms with Crippen LogP contribution < -0.4 is 0 Å². The highest BCUT2D eigenvalue weighted by Gasteiger charge is 2.58. The van der Waals surface area contributed by atoms with E-state index in [4.69, 9.17) is 14.2 Å². The van der Waals surface area contributed by atoms with Crippen molar-refractivity contribution in [1.29, 1.82) is 0 Å². The highest BCUT2D eigenvalue weighted by atomic mass is 16.7. The molecule has 0 aromatic heterocycles. The van der Waals surface area contributed by atoms with Gasteiger partial charge in [-0.3, -0.25) is 9.59 Å². The standard InChI is InChI=1S/C19H24O5/c1-11-5-12(2)14(13(3)6-11)7-17(20)19(18(21)22-4)8-15-16(9-19)24-10-23-15/h5-6,15-16H,7-10H2,1-4H3. The monoisotopic (exact) mass is 332 g/mol. The van der Waals surface area contributed by atoms with Crippen molar-refractivity contribution in [2.24, 2.45) is 5.41 Å². The molecule has 5 nitrogen and oxygen atoms in total. The zero-order chi connectivity index (χ0) is 17.5. The summed E-state index contributed by atoms with van der Waals surface area (Å²) in [7, 11) is 1.33. The minimum absolute atomic E-state index is 0.106. The minimum Gasteiger partial charge on any atom is -0.468 e. The van der Waals surface area contributed by atoms with Crippen LogP contribution in [0, 0.1) is 26.2 Å². The smallest absolute Gasteiger partial charge is 0.319 e. The molecule has 2 unspecified atom stereocenters. The van der Waals surface area contributed by atoms with Gasteiger partial charge < -0.3 is 14.2 Å². The van der Waals surface area contributed by atoms with E-state index < -0.39 is 11.4 Å². The van der Waals surface area contributed by atoms with Crippen molar-refractivity contribution < 1.29 is 23.8 Å². The average Bonchev–Trinajstić information content (AvgIpc) is 3.09. The van der Waals surface area contributed by atoms with E-state index in [2.05, 4.69) is 12.1 Å². The summed E-state index contributed by atoms with van der Waals surface area (Å²) in [5, 5.41) is 0. The molecule has 1 saturated carbocycles. The first-order valence-electron chi connectivity index (χ1n) is 8.29. The zero-order valence-electron chi connectivity index (χ0n) is 14.7. The van der Waals surface area contributed by atoms with Gasteiger partial charge in [-0.05, 0) is 50.3 Å². The Hall–Kier alpha value is -1.72. The summed E-state index contributed by atoms with van der Waals surface area (Å²) < 4.78 is 16.0. The molecule has 2 fully saturated rings. The maximum atomic E-state index is 13.1. The summed E-state index contributed by atoms with van der Waals surface area (Å²) in [5.74, 6) is -0.581. The van der Waals surface area contributed by atoms with Crippen LogP contribution >= 0.6 is 0 Å². The molecule has 0 bridgehead atoms. The van der Waals surface area contributed by atoms with E-state index in [1.165, 1.54) is 12.7 Å². The summed E-state index contributed by atoms with van der Waals surface area (Å²) in [6.45, 7) is 6.28. The molecule has 24 heavy (non-hydrogen) atoms. The Balaban J connectivity index is 1.90. The van der Waals surface area contributed by atoms with Crippen molar-refractivity contribution in [3.05, 3.63) is 34.4 Å². The van der Waals surface area contributed by atoms with Crippen LogP contribution in [0.25, 0.3) is 0 Å². The van der Waals surface area contributed by atoms with Crippen molar-refractivity contribution in [1.82, 2.24) is 0 Å². The number of rotatable bonds is 4. The molecule has 0 spiro atoms. The van der Waals surface area contributed by atoms with E-state index in [1.54, 1.807) is 0 Å².